The van der Waals surface area contributed by atoms with Crippen molar-refractivity contribution >= 4 is 5.82 Å². The van der Waals surface area contributed by atoms with E-state index in [1.54, 1.807) is 0 Å². The van der Waals surface area contributed by atoms with Crippen molar-refractivity contribution in [3.8, 4) is 0 Å². The average molecular weight is 197 g/mol. The number of aliphatic hydroxyl groups excluding tert-OH is 1. The summed E-state index contributed by atoms with van der Waals surface area (Å²) < 4.78 is 13.2. The lowest BCUT2D eigenvalue weighted by Gasteiger charge is -2.16. The maximum Gasteiger partial charge on any atom is 0.183 e. The predicted octanol–water partition coefficient (Wildman–Crippen LogP) is 0.434. The Bertz CT molecular complexity index is 321. The number of rotatable bonds is 2. The topological polar surface area (TPSA) is 49.2 Å². The Morgan fingerprint density at radius 2 is 2.50 bits per heavy atom. The predicted molar refractivity (Wildman–Crippen MR) is 49.4 cm³/mol. The molecule has 1 fully saturated rings. The van der Waals surface area contributed by atoms with E-state index in [0.29, 0.717) is 12.4 Å². The first-order valence-electron chi connectivity index (χ1n) is 4.62. The fourth-order valence-corrected chi connectivity index (χ4v) is 1.71. The third-order valence-corrected chi connectivity index (χ3v) is 2.49. The van der Waals surface area contributed by atoms with E-state index < -0.39 is 5.82 Å². The SMILES string of the molecule is OCC1CCN(c2ncncc2F)C1. The standard InChI is InChI=1S/C9H12FN3O/c10-8-3-11-6-12-9(8)13-2-1-7(4-13)5-14/h3,6-7,14H,1-2,4-5H2. The molecule has 1 aliphatic heterocycles. The second-order valence-corrected chi connectivity index (χ2v) is 3.48. The van der Waals surface area contributed by atoms with Crippen LogP contribution in [0.1, 0.15) is 6.42 Å². The first-order valence-corrected chi connectivity index (χ1v) is 4.62. The molecule has 5 heteroatoms. The molecule has 1 saturated heterocycles. The van der Waals surface area contributed by atoms with Gasteiger partial charge in [-0.3, -0.25) is 0 Å². The summed E-state index contributed by atoms with van der Waals surface area (Å²) in [6, 6.07) is 0. The van der Waals surface area contributed by atoms with Crippen LogP contribution in [0.5, 0.6) is 0 Å². The molecule has 1 aliphatic rings. The molecule has 1 aromatic rings. The lowest BCUT2D eigenvalue weighted by molar-refractivity contribution is 0.238. The van der Waals surface area contributed by atoms with Crippen LogP contribution in [0.2, 0.25) is 0 Å². The minimum atomic E-state index is -0.397. The van der Waals surface area contributed by atoms with Gasteiger partial charge >= 0.3 is 0 Å². The van der Waals surface area contributed by atoms with Crippen molar-refractivity contribution in [3.63, 3.8) is 0 Å². The van der Waals surface area contributed by atoms with E-state index >= 15 is 0 Å². The Balaban J connectivity index is 2.13. The van der Waals surface area contributed by atoms with Crippen LogP contribution >= 0.6 is 0 Å². The van der Waals surface area contributed by atoms with Gasteiger partial charge in [0.05, 0.1) is 6.20 Å². The Morgan fingerprint density at radius 3 is 3.14 bits per heavy atom. The van der Waals surface area contributed by atoms with Crippen LogP contribution in [0.15, 0.2) is 12.5 Å². The Hall–Kier alpha value is -1.23. The summed E-state index contributed by atoms with van der Waals surface area (Å²) in [5.74, 6) is 0.186. The molecule has 1 unspecified atom stereocenters. The summed E-state index contributed by atoms with van der Waals surface area (Å²) >= 11 is 0. The summed E-state index contributed by atoms with van der Waals surface area (Å²) in [4.78, 5) is 9.33. The van der Waals surface area contributed by atoms with E-state index in [1.807, 2.05) is 4.90 Å². The Morgan fingerprint density at radius 1 is 1.64 bits per heavy atom. The van der Waals surface area contributed by atoms with Crippen LogP contribution in [0.3, 0.4) is 0 Å². The molecular formula is C9H12FN3O. The number of hydrogen-bond donors (Lipinski definition) is 1. The molecule has 0 saturated carbocycles. The average Bonchev–Trinajstić information content (AvgIpc) is 2.67. The highest BCUT2D eigenvalue weighted by Crippen LogP contribution is 2.22. The van der Waals surface area contributed by atoms with E-state index in [0.717, 1.165) is 19.2 Å². The Labute approximate surface area is 81.4 Å². The van der Waals surface area contributed by atoms with Crippen LogP contribution in [-0.2, 0) is 0 Å². The van der Waals surface area contributed by atoms with Gasteiger partial charge in [-0.15, -0.1) is 0 Å². The quantitative estimate of drug-likeness (QED) is 0.747. The molecule has 0 aromatic carbocycles. The van der Waals surface area contributed by atoms with Crippen molar-refractivity contribution in [2.24, 2.45) is 5.92 Å². The van der Waals surface area contributed by atoms with Gasteiger partial charge in [-0.05, 0) is 6.42 Å². The van der Waals surface area contributed by atoms with Crippen LogP contribution in [0.4, 0.5) is 10.2 Å². The van der Waals surface area contributed by atoms with Gasteiger partial charge in [0.2, 0.25) is 0 Å². The summed E-state index contributed by atoms with van der Waals surface area (Å²) in [5.41, 5.74) is 0. The maximum absolute atomic E-state index is 13.2. The lowest BCUT2D eigenvalue weighted by Crippen LogP contribution is -2.22. The lowest BCUT2D eigenvalue weighted by atomic mass is 10.1. The first kappa shape index (κ1) is 9.33. The van der Waals surface area contributed by atoms with E-state index in [4.69, 9.17) is 5.11 Å². The van der Waals surface area contributed by atoms with Gasteiger partial charge in [-0.25, -0.2) is 14.4 Å². The zero-order chi connectivity index (χ0) is 9.97. The van der Waals surface area contributed by atoms with Gasteiger partial charge in [-0.1, -0.05) is 0 Å². The van der Waals surface area contributed by atoms with Crippen LogP contribution in [0.25, 0.3) is 0 Å². The summed E-state index contributed by atoms with van der Waals surface area (Å²) in [7, 11) is 0. The highest BCUT2D eigenvalue weighted by atomic mass is 19.1. The fraction of sp³-hybridized carbons (Fsp3) is 0.556. The molecule has 0 bridgehead atoms. The highest BCUT2D eigenvalue weighted by Gasteiger charge is 2.24. The smallest absolute Gasteiger partial charge is 0.183 e. The molecule has 4 nitrogen and oxygen atoms in total. The summed E-state index contributed by atoms with van der Waals surface area (Å²) in [5, 5.41) is 8.95. The Kier molecular flexibility index (Phi) is 2.58. The van der Waals surface area contributed by atoms with Crippen molar-refractivity contribution in [3.05, 3.63) is 18.3 Å². The summed E-state index contributed by atoms with van der Waals surface area (Å²) in [6.07, 6.45) is 3.39. The molecule has 0 amide bonds. The summed E-state index contributed by atoms with van der Waals surface area (Å²) in [6.45, 7) is 1.58. The molecule has 0 aliphatic carbocycles. The van der Waals surface area contributed by atoms with E-state index in [2.05, 4.69) is 9.97 Å². The molecule has 2 rings (SSSR count). The van der Waals surface area contributed by atoms with Crippen LogP contribution in [0, 0.1) is 11.7 Å². The zero-order valence-corrected chi connectivity index (χ0v) is 7.73. The van der Waals surface area contributed by atoms with Gasteiger partial charge in [-0.2, -0.15) is 0 Å². The first-order chi connectivity index (χ1) is 6.81. The molecule has 0 radical (unpaired) electrons. The number of aliphatic hydroxyl groups is 1. The largest absolute Gasteiger partial charge is 0.396 e. The fourth-order valence-electron chi connectivity index (χ4n) is 1.71. The monoisotopic (exact) mass is 197 g/mol. The molecule has 1 atom stereocenters. The number of hydrogen-bond acceptors (Lipinski definition) is 4. The third-order valence-electron chi connectivity index (χ3n) is 2.49. The van der Waals surface area contributed by atoms with E-state index in [1.165, 1.54) is 6.33 Å². The molecule has 14 heavy (non-hydrogen) atoms. The molecule has 2 heterocycles. The highest BCUT2D eigenvalue weighted by molar-refractivity contribution is 5.39. The second-order valence-electron chi connectivity index (χ2n) is 3.48. The molecule has 76 valence electrons. The number of nitrogens with zero attached hydrogens (tertiary/aromatic N) is 3. The van der Waals surface area contributed by atoms with Crippen LogP contribution < -0.4 is 4.90 Å². The van der Waals surface area contributed by atoms with Gasteiger partial charge in [0.15, 0.2) is 11.6 Å². The molecule has 1 aromatic heterocycles. The van der Waals surface area contributed by atoms with Gasteiger partial charge < -0.3 is 10.0 Å². The number of aromatic nitrogens is 2. The number of halogens is 1. The van der Waals surface area contributed by atoms with Gasteiger partial charge in [0.1, 0.15) is 6.33 Å². The van der Waals surface area contributed by atoms with E-state index in [9.17, 15) is 4.39 Å². The minimum absolute atomic E-state index is 0.156. The zero-order valence-electron chi connectivity index (χ0n) is 7.73. The van der Waals surface area contributed by atoms with Gasteiger partial charge in [0.25, 0.3) is 0 Å². The number of anilines is 1. The van der Waals surface area contributed by atoms with Crippen molar-refractivity contribution in [2.75, 3.05) is 24.6 Å². The second kappa shape index (κ2) is 3.88. The minimum Gasteiger partial charge on any atom is -0.396 e. The van der Waals surface area contributed by atoms with Crippen molar-refractivity contribution in [2.45, 2.75) is 6.42 Å². The van der Waals surface area contributed by atoms with Crippen molar-refractivity contribution < 1.29 is 9.50 Å². The van der Waals surface area contributed by atoms with Gasteiger partial charge in [0, 0.05) is 25.6 Å². The maximum atomic E-state index is 13.2. The van der Waals surface area contributed by atoms with Crippen molar-refractivity contribution in [1.82, 2.24) is 9.97 Å². The molecule has 1 N–H and O–H groups in total. The van der Waals surface area contributed by atoms with E-state index in [-0.39, 0.29) is 12.5 Å². The normalized spacial score (nSPS) is 21.6. The molecular weight excluding hydrogens is 185 g/mol. The molecule has 0 spiro atoms. The van der Waals surface area contributed by atoms with Crippen molar-refractivity contribution in [1.29, 1.82) is 0 Å². The third kappa shape index (κ3) is 1.68. The van der Waals surface area contributed by atoms with Crippen LogP contribution in [-0.4, -0.2) is 34.8 Å².